The van der Waals surface area contributed by atoms with Crippen molar-refractivity contribution in [2.24, 2.45) is 0 Å². The molecule has 5 aromatic rings. The molecule has 0 aromatic heterocycles. The Labute approximate surface area is 232 Å². The van der Waals surface area contributed by atoms with Gasteiger partial charge in [-0.05, 0) is 99.8 Å². The van der Waals surface area contributed by atoms with E-state index in [1.807, 2.05) is 54.6 Å². The van der Waals surface area contributed by atoms with Crippen molar-refractivity contribution >= 4 is 27.3 Å². The second kappa shape index (κ2) is 9.10. The van der Waals surface area contributed by atoms with E-state index in [9.17, 15) is 18.3 Å². The molecule has 0 heterocycles. The van der Waals surface area contributed by atoms with Gasteiger partial charge in [0, 0.05) is 11.4 Å². The average molecular weight is 545 g/mol. The summed E-state index contributed by atoms with van der Waals surface area (Å²) in [5, 5.41) is 13.2. The summed E-state index contributed by atoms with van der Waals surface area (Å²) in [6.07, 6.45) is 1.51. The number of amides is 1. The number of aromatic hydroxyl groups is 1. The average Bonchev–Trinajstić information content (AvgIpc) is 3.50. The maximum Gasteiger partial charge on any atom is 0.261 e. The Kier molecular flexibility index (Phi) is 5.50. The molecule has 6 nitrogen and oxygen atoms in total. The number of fused-ring (bicyclic) bond motifs is 6. The molecule has 5 aromatic carbocycles. The Bertz CT molecular complexity index is 1960. The van der Waals surface area contributed by atoms with Crippen LogP contribution in [0.15, 0.2) is 108 Å². The van der Waals surface area contributed by atoms with Gasteiger partial charge in [-0.1, -0.05) is 60.7 Å². The van der Waals surface area contributed by atoms with E-state index < -0.39 is 15.9 Å². The summed E-state index contributed by atoms with van der Waals surface area (Å²) in [6.45, 7) is 0. The van der Waals surface area contributed by atoms with Crippen LogP contribution in [0.2, 0.25) is 0 Å². The van der Waals surface area contributed by atoms with E-state index >= 15 is 0 Å². The van der Waals surface area contributed by atoms with E-state index in [0.29, 0.717) is 11.4 Å². The lowest BCUT2D eigenvalue weighted by molar-refractivity contribution is 0.102. The summed E-state index contributed by atoms with van der Waals surface area (Å²) in [5.41, 5.74) is 10.0. The Morgan fingerprint density at radius 1 is 0.625 bits per heavy atom. The standard InChI is InChI=1S/C33H24N2O4S/c36-32-14-11-26(40(38,39)35-25-10-13-30-23(18-25)16-21-6-2-4-8-28(21)30)19-31(32)33(37)34-24-9-12-29-22(17-24)15-20-5-1-3-7-27(20)29/h1-14,17-19,35-36H,15-16H2,(H,34,37). The van der Waals surface area contributed by atoms with Crippen LogP contribution in [-0.4, -0.2) is 19.4 Å². The fourth-order valence-corrected chi connectivity index (χ4v) is 6.78. The molecule has 7 rings (SSSR count). The third kappa shape index (κ3) is 4.12. The Balaban J connectivity index is 1.11. The van der Waals surface area contributed by atoms with Crippen molar-refractivity contribution in [2.45, 2.75) is 17.7 Å². The first-order valence-corrected chi connectivity index (χ1v) is 14.4. The minimum atomic E-state index is -4.02. The molecule has 7 heteroatoms. The number of rotatable bonds is 5. The fourth-order valence-electron chi connectivity index (χ4n) is 5.71. The molecule has 0 radical (unpaired) electrons. The van der Waals surface area contributed by atoms with Gasteiger partial charge in [-0.15, -0.1) is 0 Å². The number of carbonyl (C=O) groups excluding carboxylic acids is 1. The van der Waals surface area contributed by atoms with Crippen LogP contribution in [0.1, 0.15) is 32.6 Å². The molecule has 3 N–H and O–H groups in total. The van der Waals surface area contributed by atoms with E-state index in [4.69, 9.17) is 0 Å². The highest BCUT2D eigenvalue weighted by Gasteiger charge is 2.23. The van der Waals surface area contributed by atoms with Crippen molar-refractivity contribution in [2.75, 3.05) is 10.0 Å². The van der Waals surface area contributed by atoms with Gasteiger partial charge in [0.05, 0.1) is 10.5 Å². The molecule has 0 saturated heterocycles. The third-order valence-corrected chi connectivity index (χ3v) is 9.00. The summed E-state index contributed by atoms with van der Waals surface area (Å²) < 4.78 is 29.2. The van der Waals surface area contributed by atoms with E-state index in [0.717, 1.165) is 40.7 Å². The Morgan fingerprint density at radius 3 is 1.82 bits per heavy atom. The molecule has 2 aliphatic rings. The molecule has 0 saturated carbocycles. The fraction of sp³-hybridized carbons (Fsp3) is 0.0606. The molecule has 0 unspecified atom stereocenters. The summed E-state index contributed by atoms with van der Waals surface area (Å²) in [4.78, 5) is 13.0. The van der Waals surface area contributed by atoms with Crippen LogP contribution in [0.25, 0.3) is 22.3 Å². The van der Waals surface area contributed by atoms with Gasteiger partial charge in [-0.25, -0.2) is 8.42 Å². The highest BCUT2D eigenvalue weighted by Crippen LogP contribution is 2.39. The van der Waals surface area contributed by atoms with Crippen molar-refractivity contribution in [3.63, 3.8) is 0 Å². The van der Waals surface area contributed by atoms with Crippen LogP contribution in [0.4, 0.5) is 11.4 Å². The maximum absolute atomic E-state index is 13.3. The van der Waals surface area contributed by atoms with Gasteiger partial charge in [0.2, 0.25) is 0 Å². The smallest absolute Gasteiger partial charge is 0.261 e. The van der Waals surface area contributed by atoms with Gasteiger partial charge < -0.3 is 10.4 Å². The first kappa shape index (κ1) is 24.2. The molecule has 0 aliphatic heterocycles. The van der Waals surface area contributed by atoms with Gasteiger partial charge in [0.25, 0.3) is 15.9 Å². The van der Waals surface area contributed by atoms with E-state index in [1.54, 1.807) is 6.07 Å². The molecule has 0 fully saturated rings. The predicted molar refractivity (Wildman–Crippen MR) is 156 cm³/mol. The van der Waals surface area contributed by atoms with E-state index in [-0.39, 0.29) is 16.2 Å². The highest BCUT2D eigenvalue weighted by atomic mass is 32.2. The molecule has 0 atom stereocenters. The largest absolute Gasteiger partial charge is 0.507 e. The number of anilines is 2. The van der Waals surface area contributed by atoms with Gasteiger partial charge in [-0.2, -0.15) is 0 Å². The van der Waals surface area contributed by atoms with Crippen molar-refractivity contribution in [1.82, 2.24) is 0 Å². The molecule has 196 valence electrons. The summed E-state index contributed by atoms with van der Waals surface area (Å²) in [5.74, 6) is -0.902. The highest BCUT2D eigenvalue weighted by molar-refractivity contribution is 7.92. The summed E-state index contributed by atoms with van der Waals surface area (Å²) in [6, 6.07) is 31.2. The van der Waals surface area contributed by atoms with Crippen LogP contribution in [0, 0.1) is 0 Å². The molecule has 40 heavy (non-hydrogen) atoms. The van der Waals surface area contributed by atoms with E-state index in [1.165, 1.54) is 34.9 Å². The molecular formula is C33H24N2O4S. The molecule has 2 aliphatic carbocycles. The lowest BCUT2D eigenvalue weighted by Gasteiger charge is -2.12. The van der Waals surface area contributed by atoms with Crippen LogP contribution in [-0.2, 0) is 22.9 Å². The normalized spacial score (nSPS) is 12.7. The summed E-state index contributed by atoms with van der Waals surface area (Å²) >= 11 is 0. The number of carbonyl (C=O) groups is 1. The number of benzene rings is 5. The first-order chi connectivity index (χ1) is 19.4. The molecular weight excluding hydrogens is 520 g/mol. The summed E-state index contributed by atoms with van der Waals surface area (Å²) in [7, 11) is -4.02. The first-order valence-electron chi connectivity index (χ1n) is 13.0. The monoisotopic (exact) mass is 544 g/mol. The number of phenolic OH excluding ortho intramolecular Hbond substituents is 1. The molecule has 0 spiro atoms. The third-order valence-electron chi connectivity index (χ3n) is 7.62. The minimum absolute atomic E-state index is 0.122. The zero-order chi connectivity index (χ0) is 27.4. The SMILES string of the molecule is O=C(Nc1ccc2c(c1)Cc1ccccc1-2)c1cc(S(=O)(=O)Nc2ccc3c(c2)Cc2ccccc2-3)ccc1O. The zero-order valence-electron chi connectivity index (χ0n) is 21.3. The van der Waals surface area contributed by atoms with Crippen molar-refractivity contribution in [1.29, 1.82) is 0 Å². The lowest BCUT2D eigenvalue weighted by Crippen LogP contribution is -2.16. The van der Waals surface area contributed by atoms with Gasteiger partial charge in [0.1, 0.15) is 5.75 Å². The second-order valence-electron chi connectivity index (χ2n) is 10.2. The number of sulfonamides is 1. The van der Waals surface area contributed by atoms with Gasteiger partial charge in [0.15, 0.2) is 0 Å². The quantitative estimate of drug-likeness (QED) is 0.228. The van der Waals surface area contributed by atoms with E-state index in [2.05, 4.69) is 34.3 Å². The van der Waals surface area contributed by atoms with Crippen LogP contribution < -0.4 is 10.0 Å². The van der Waals surface area contributed by atoms with Crippen LogP contribution >= 0.6 is 0 Å². The van der Waals surface area contributed by atoms with Crippen molar-refractivity contribution < 1.29 is 18.3 Å². The number of hydrogen-bond donors (Lipinski definition) is 3. The number of nitrogens with one attached hydrogen (secondary N) is 2. The Hall–Kier alpha value is -4.88. The molecule has 0 bridgehead atoms. The zero-order valence-corrected chi connectivity index (χ0v) is 22.1. The van der Waals surface area contributed by atoms with Gasteiger partial charge >= 0.3 is 0 Å². The number of hydrogen-bond acceptors (Lipinski definition) is 4. The van der Waals surface area contributed by atoms with Crippen molar-refractivity contribution in [3.05, 3.63) is 131 Å². The van der Waals surface area contributed by atoms with Crippen LogP contribution in [0.3, 0.4) is 0 Å². The number of phenols is 1. The maximum atomic E-state index is 13.3. The lowest BCUT2D eigenvalue weighted by atomic mass is 10.1. The molecule has 1 amide bonds. The van der Waals surface area contributed by atoms with Crippen molar-refractivity contribution in [3.8, 4) is 28.0 Å². The minimum Gasteiger partial charge on any atom is -0.507 e. The predicted octanol–water partition coefficient (Wildman–Crippen LogP) is 6.59. The van der Waals surface area contributed by atoms with Crippen LogP contribution in [0.5, 0.6) is 5.75 Å². The topological polar surface area (TPSA) is 95.5 Å². The Morgan fingerprint density at radius 2 is 1.18 bits per heavy atom. The van der Waals surface area contributed by atoms with Gasteiger partial charge in [-0.3, -0.25) is 9.52 Å². The second-order valence-corrected chi connectivity index (χ2v) is 11.8.